The van der Waals surface area contributed by atoms with Gasteiger partial charge in [-0.25, -0.2) is 14.8 Å². The molecule has 6 rings (SSSR count). The maximum Gasteiger partial charge on any atom is 0.335 e. The number of fused-ring (bicyclic) bond motifs is 2. The lowest BCUT2D eigenvalue weighted by Crippen LogP contribution is -2.31. The predicted octanol–water partition coefficient (Wildman–Crippen LogP) is 2.48. The van der Waals surface area contributed by atoms with Crippen molar-refractivity contribution in [1.82, 2.24) is 24.0 Å². The van der Waals surface area contributed by atoms with Crippen LogP contribution in [0, 0.1) is 11.8 Å². The zero-order chi connectivity index (χ0) is 25.5. The number of rotatable bonds is 4. The Balaban J connectivity index is 1.34. The number of nitrogen functional groups attached to an aromatic ring is 1. The SMILES string of the molecule is CC#CC(=O)N1CCC(n2c(=O)n(-c3ccc(Oc4ccc5c(c4)OCO5)cc3)c3c(N)ncnc32)C1. The van der Waals surface area contributed by atoms with Crippen molar-refractivity contribution in [3.05, 3.63) is 59.3 Å². The van der Waals surface area contributed by atoms with Crippen LogP contribution < -0.4 is 25.6 Å². The first-order valence-corrected chi connectivity index (χ1v) is 11.7. The minimum atomic E-state index is -0.312. The van der Waals surface area contributed by atoms with Gasteiger partial charge in [-0.3, -0.25) is 13.9 Å². The van der Waals surface area contributed by atoms with E-state index in [0.29, 0.717) is 59.4 Å². The van der Waals surface area contributed by atoms with E-state index in [1.807, 2.05) is 0 Å². The number of benzene rings is 2. The first-order chi connectivity index (χ1) is 18.0. The van der Waals surface area contributed by atoms with Crippen molar-refractivity contribution in [2.24, 2.45) is 0 Å². The number of aromatic nitrogens is 4. The fraction of sp³-hybridized carbons (Fsp3) is 0.231. The van der Waals surface area contributed by atoms with Crippen molar-refractivity contribution in [2.45, 2.75) is 19.4 Å². The Morgan fingerprint density at radius 2 is 1.89 bits per heavy atom. The third-order valence-corrected chi connectivity index (χ3v) is 6.40. The molecule has 1 unspecified atom stereocenters. The predicted molar refractivity (Wildman–Crippen MR) is 134 cm³/mol. The summed E-state index contributed by atoms with van der Waals surface area (Å²) < 4.78 is 19.8. The lowest BCUT2D eigenvalue weighted by atomic mass is 10.2. The highest BCUT2D eigenvalue weighted by Gasteiger charge is 2.31. The van der Waals surface area contributed by atoms with E-state index in [0.717, 1.165) is 0 Å². The molecule has 2 aromatic heterocycles. The van der Waals surface area contributed by atoms with Gasteiger partial charge in [0.1, 0.15) is 23.3 Å². The molecule has 0 radical (unpaired) electrons. The van der Waals surface area contributed by atoms with Crippen molar-refractivity contribution in [1.29, 1.82) is 0 Å². The van der Waals surface area contributed by atoms with Crippen LogP contribution in [-0.4, -0.2) is 49.8 Å². The van der Waals surface area contributed by atoms with Gasteiger partial charge in [0, 0.05) is 19.2 Å². The molecule has 2 N–H and O–H groups in total. The van der Waals surface area contributed by atoms with Crippen LogP contribution in [0.3, 0.4) is 0 Å². The lowest BCUT2D eigenvalue weighted by molar-refractivity contribution is -0.124. The molecule has 37 heavy (non-hydrogen) atoms. The number of imidazole rings is 1. The number of amides is 1. The van der Waals surface area contributed by atoms with Gasteiger partial charge in [-0.15, -0.1) is 0 Å². The highest BCUT2D eigenvalue weighted by Crippen LogP contribution is 2.37. The summed E-state index contributed by atoms with van der Waals surface area (Å²) in [5.41, 5.74) is 7.31. The van der Waals surface area contributed by atoms with E-state index in [2.05, 4.69) is 21.8 Å². The molecule has 0 aliphatic carbocycles. The van der Waals surface area contributed by atoms with Crippen LogP contribution >= 0.6 is 0 Å². The minimum Gasteiger partial charge on any atom is -0.457 e. The molecule has 2 aromatic carbocycles. The molecule has 11 heteroatoms. The van der Waals surface area contributed by atoms with E-state index in [-0.39, 0.29) is 30.2 Å². The van der Waals surface area contributed by atoms with Crippen LogP contribution in [0.15, 0.2) is 53.6 Å². The number of hydrogen-bond acceptors (Lipinski definition) is 8. The van der Waals surface area contributed by atoms with E-state index >= 15 is 0 Å². The topological polar surface area (TPSA) is 127 Å². The van der Waals surface area contributed by atoms with Crippen LogP contribution in [0.1, 0.15) is 19.4 Å². The van der Waals surface area contributed by atoms with Gasteiger partial charge in [0.05, 0.1) is 11.7 Å². The molecule has 4 heterocycles. The van der Waals surface area contributed by atoms with Crippen molar-refractivity contribution in [2.75, 3.05) is 25.6 Å². The summed E-state index contributed by atoms with van der Waals surface area (Å²) in [4.78, 5) is 36.1. The van der Waals surface area contributed by atoms with E-state index in [1.54, 1.807) is 58.9 Å². The van der Waals surface area contributed by atoms with E-state index in [9.17, 15) is 9.59 Å². The maximum atomic E-state index is 13.7. The largest absolute Gasteiger partial charge is 0.457 e. The first kappa shape index (κ1) is 22.5. The molecule has 1 saturated heterocycles. The Hall–Kier alpha value is -4.98. The Labute approximate surface area is 211 Å². The van der Waals surface area contributed by atoms with Gasteiger partial charge in [-0.2, -0.15) is 0 Å². The first-order valence-electron chi connectivity index (χ1n) is 11.7. The molecule has 4 aromatic rings. The molecule has 0 bridgehead atoms. The van der Waals surface area contributed by atoms with E-state index in [4.69, 9.17) is 19.9 Å². The van der Waals surface area contributed by atoms with Crippen LogP contribution in [0.25, 0.3) is 16.9 Å². The molecule has 2 aliphatic rings. The molecule has 1 fully saturated rings. The molecule has 11 nitrogen and oxygen atoms in total. The van der Waals surface area contributed by atoms with Crippen LogP contribution in [0.4, 0.5) is 5.82 Å². The molecule has 0 saturated carbocycles. The third kappa shape index (κ3) is 3.88. The monoisotopic (exact) mass is 498 g/mol. The van der Waals surface area contributed by atoms with Crippen molar-refractivity contribution >= 4 is 22.9 Å². The summed E-state index contributed by atoms with van der Waals surface area (Å²) in [5, 5.41) is 0. The summed E-state index contributed by atoms with van der Waals surface area (Å²) in [7, 11) is 0. The molecule has 1 amide bonds. The summed E-state index contributed by atoms with van der Waals surface area (Å²) in [5.74, 6) is 7.58. The van der Waals surface area contributed by atoms with E-state index in [1.165, 1.54) is 10.9 Å². The van der Waals surface area contributed by atoms with Gasteiger partial charge in [0.25, 0.3) is 5.91 Å². The van der Waals surface area contributed by atoms with Gasteiger partial charge >= 0.3 is 5.69 Å². The lowest BCUT2D eigenvalue weighted by Gasteiger charge is -2.14. The zero-order valence-corrected chi connectivity index (χ0v) is 19.9. The second-order valence-corrected chi connectivity index (χ2v) is 8.60. The van der Waals surface area contributed by atoms with Crippen molar-refractivity contribution in [3.8, 4) is 40.5 Å². The van der Waals surface area contributed by atoms with Gasteiger partial charge < -0.3 is 24.8 Å². The standard InChI is InChI=1S/C26H22N6O5/c1-2-3-22(33)30-11-10-17(13-30)32-25-23(24(27)28-14-29-25)31(26(32)34)16-4-6-18(7-5-16)37-19-8-9-20-21(12-19)36-15-35-20/h4-9,12,14,17H,10-11,13,15H2,1H3,(H2,27,28,29). The number of nitrogens with two attached hydrogens (primary N) is 1. The molecular weight excluding hydrogens is 476 g/mol. The average Bonchev–Trinajstić information content (AvgIpc) is 3.62. The van der Waals surface area contributed by atoms with Gasteiger partial charge in [0.2, 0.25) is 6.79 Å². The van der Waals surface area contributed by atoms with Crippen LogP contribution in [0.2, 0.25) is 0 Å². The Morgan fingerprint density at radius 3 is 2.70 bits per heavy atom. The number of carbonyl (C=O) groups is 1. The zero-order valence-electron chi connectivity index (χ0n) is 19.9. The summed E-state index contributed by atoms with van der Waals surface area (Å²) in [6.45, 7) is 2.67. The third-order valence-electron chi connectivity index (χ3n) is 6.40. The molecule has 2 aliphatic heterocycles. The quantitative estimate of drug-likeness (QED) is 0.425. The molecule has 1 atom stereocenters. The molecule has 0 spiro atoms. The maximum absolute atomic E-state index is 13.7. The Morgan fingerprint density at radius 1 is 1.11 bits per heavy atom. The van der Waals surface area contributed by atoms with Gasteiger partial charge in [-0.05, 0) is 55.7 Å². The number of anilines is 1. The van der Waals surface area contributed by atoms with Crippen molar-refractivity contribution < 1.29 is 19.0 Å². The highest BCUT2D eigenvalue weighted by atomic mass is 16.7. The summed E-state index contributed by atoms with van der Waals surface area (Å²) >= 11 is 0. The fourth-order valence-corrected chi connectivity index (χ4v) is 4.70. The fourth-order valence-electron chi connectivity index (χ4n) is 4.70. The minimum absolute atomic E-state index is 0.185. The molecule has 186 valence electrons. The number of nitrogens with zero attached hydrogens (tertiary/aromatic N) is 5. The highest BCUT2D eigenvalue weighted by molar-refractivity contribution is 5.93. The van der Waals surface area contributed by atoms with Gasteiger partial charge in [0.15, 0.2) is 23.0 Å². The number of ether oxygens (including phenoxy) is 3. The summed E-state index contributed by atoms with van der Waals surface area (Å²) in [6.07, 6.45) is 1.93. The van der Waals surface area contributed by atoms with E-state index < -0.39 is 0 Å². The number of hydrogen-bond donors (Lipinski definition) is 1. The normalized spacial score (nSPS) is 16.0. The second-order valence-electron chi connectivity index (χ2n) is 8.60. The smallest absolute Gasteiger partial charge is 0.335 e. The van der Waals surface area contributed by atoms with Crippen LogP contribution in [0.5, 0.6) is 23.0 Å². The van der Waals surface area contributed by atoms with Gasteiger partial charge in [-0.1, -0.05) is 5.92 Å². The Bertz CT molecular complexity index is 1650. The Kier molecular flexibility index (Phi) is 5.41. The number of carbonyl (C=O) groups excluding carboxylic acids is 1. The molecular formula is C26H22N6O5. The number of likely N-dealkylation sites (tertiary alicyclic amines) is 1. The second kappa shape index (κ2) is 8.91. The van der Waals surface area contributed by atoms with Crippen molar-refractivity contribution in [3.63, 3.8) is 0 Å². The average molecular weight is 498 g/mol. The summed E-state index contributed by atoms with van der Waals surface area (Å²) in [6, 6.07) is 12.1. The van der Waals surface area contributed by atoms with Crippen LogP contribution in [-0.2, 0) is 4.79 Å².